The standard InChI is InChI=1S/C22H22ClF2N3O3/c1-2-18(27-22(29)11-3-5-12(23)6-4-11)20-15-9-14(10-16(15)20)26-21-17(25)7-13(24)8-19(21)28(30)31/h3-8,14-16,18,20,26H,2,9-10H2,1H3,(H,27,29)/t14-,15-,16+,18?,20+. The molecule has 0 aliphatic heterocycles. The van der Waals surface area contributed by atoms with Crippen LogP contribution in [0.15, 0.2) is 36.4 Å². The molecule has 0 heterocycles. The highest BCUT2D eigenvalue weighted by atomic mass is 35.5. The van der Waals surface area contributed by atoms with E-state index in [9.17, 15) is 23.7 Å². The maximum atomic E-state index is 14.2. The summed E-state index contributed by atoms with van der Waals surface area (Å²) < 4.78 is 27.5. The van der Waals surface area contributed by atoms with Crippen LogP contribution in [0.1, 0.15) is 36.5 Å². The maximum absolute atomic E-state index is 14.2. The molecule has 2 aliphatic rings. The van der Waals surface area contributed by atoms with Crippen LogP contribution >= 0.6 is 11.6 Å². The second-order valence-electron chi connectivity index (χ2n) is 8.25. The predicted molar refractivity (Wildman–Crippen MR) is 113 cm³/mol. The van der Waals surface area contributed by atoms with Crippen molar-refractivity contribution in [3.05, 3.63) is 68.7 Å². The summed E-state index contributed by atoms with van der Waals surface area (Å²) in [7, 11) is 0. The molecule has 4 rings (SSSR count). The van der Waals surface area contributed by atoms with Gasteiger partial charge in [-0.15, -0.1) is 0 Å². The lowest BCUT2D eigenvalue weighted by molar-refractivity contribution is -0.384. The molecule has 2 aromatic carbocycles. The molecular weight excluding hydrogens is 428 g/mol. The van der Waals surface area contributed by atoms with Crippen molar-refractivity contribution in [1.82, 2.24) is 5.32 Å². The van der Waals surface area contributed by atoms with Gasteiger partial charge in [0.2, 0.25) is 0 Å². The second-order valence-corrected chi connectivity index (χ2v) is 8.69. The van der Waals surface area contributed by atoms with Crippen molar-refractivity contribution in [2.24, 2.45) is 17.8 Å². The number of rotatable bonds is 7. The van der Waals surface area contributed by atoms with E-state index in [2.05, 4.69) is 10.6 Å². The summed E-state index contributed by atoms with van der Waals surface area (Å²) >= 11 is 5.87. The second kappa shape index (κ2) is 8.42. The SMILES string of the molecule is CCC(NC(=O)c1ccc(Cl)cc1)[C@H]1[C@@H]2C[C@@H](Nc3c(F)cc(F)cc3[N+](=O)[O-])C[C@@H]21. The van der Waals surface area contributed by atoms with Crippen LogP contribution in [-0.4, -0.2) is 22.9 Å². The Balaban J connectivity index is 1.37. The fraction of sp³-hybridized carbons (Fsp3) is 0.409. The van der Waals surface area contributed by atoms with Gasteiger partial charge in [-0.05, 0) is 61.3 Å². The summed E-state index contributed by atoms with van der Waals surface area (Å²) in [6.45, 7) is 2.02. The van der Waals surface area contributed by atoms with Crippen molar-refractivity contribution in [1.29, 1.82) is 0 Å². The Bertz CT molecular complexity index is 1010. The van der Waals surface area contributed by atoms with Crippen LogP contribution in [0, 0.1) is 39.5 Å². The Morgan fingerprint density at radius 2 is 1.87 bits per heavy atom. The normalized spacial score (nSPS) is 24.9. The zero-order chi connectivity index (χ0) is 22.3. The molecule has 1 amide bonds. The highest BCUT2D eigenvalue weighted by Crippen LogP contribution is 2.60. The summed E-state index contributed by atoms with van der Waals surface area (Å²) in [6.07, 6.45) is 2.22. The number of benzene rings is 2. The fourth-order valence-corrected chi connectivity index (χ4v) is 5.11. The number of halogens is 3. The molecule has 2 aromatic rings. The lowest BCUT2D eigenvalue weighted by Gasteiger charge is -2.23. The summed E-state index contributed by atoms with van der Waals surface area (Å²) in [5.41, 5.74) is -0.319. The van der Waals surface area contributed by atoms with Gasteiger partial charge in [-0.1, -0.05) is 18.5 Å². The first kappa shape index (κ1) is 21.5. The van der Waals surface area contributed by atoms with Crippen molar-refractivity contribution in [3.63, 3.8) is 0 Å². The van der Waals surface area contributed by atoms with Gasteiger partial charge in [0.25, 0.3) is 11.6 Å². The lowest BCUT2D eigenvalue weighted by Crippen LogP contribution is -2.38. The van der Waals surface area contributed by atoms with E-state index in [-0.39, 0.29) is 23.7 Å². The van der Waals surface area contributed by atoms with E-state index in [0.29, 0.717) is 34.4 Å². The smallest absolute Gasteiger partial charge is 0.298 e. The summed E-state index contributed by atoms with van der Waals surface area (Å²) in [5.74, 6) is -1.05. The van der Waals surface area contributed by atoms with E-state index in [1.54, 1.807) is 24.3 Å². The molecule has 31 heavy (non-hydrogen) atoms. The van der Waals surface area contributed by atoms with Crippen molar-refractivity contribution >= 4 is 28.9 Å². The molecule has 164 valence electrons. The quantitative estimate of drug-likeness (QED) is 0.451. The van der Waals surface area contributed by atoms with E-state index >= 15 is 0 Å². The number of hydrogen-bond acceptors (Lipinski definition) is 4. The molecule has 2 aliphatic carbocycles. The monoisotopic (exact) mass is 449 g/mol. The molecule has 1 unspecified atom stereocenters. The molecule has 0 aromatic heterocycles. The number of carbonyl (C=O) groups is 1. The molecule has 0 spiro atoms. The van der Waals surface area contributed by atoms with Crippen LogP contribution in [0.4, 0.5) is 20.2 Å². The third-order valence-electron chi connectivity index (χ3n) is 6.42. The molecule has 5 atom stereocenters. The molecule has 6 nitrogen and oxygen atoms in total. The number of nitrogens with zero attached hydrogens (tertiary/aromatic N) is 1. The highest BCUT2D eigenvalue weighted by molar-refractivity contribution is 6.30. The number of amides is 1. The van der Waals surface area contributed by atoms with Gasteiger partial charge >= 0.3 is 0 Å². The van der Waals surface area contributed by atoms with E-state index in [4.69, 9.17) is 11.6 Å². The number of nitrogens with one attached hydrogen (secondary N) is 2. The van der Waals surface area contributed by atoms with Crippen molar-refractivity contribution in [2.75, 3.05) is 5.32 Å². The van der Waals surface area contributed by atoms with Crippen LogP contribution < -0.4 is 10.6 Å². The summed E-state index contributed by atoms with van der Waals surface area (Å²) in [6, 6.07) is 7.98. The van der Waals surface area contributed by atoms with Gasteiger partial charge < -0.3 is 10.6 Å². The Morgan fingerprint density at radius 3 is 2.45 bits per heavy atom. The van der Waals surface area contributed by atoms with Gasteiger partial charge in [0.1, 0.15) is 11.5 Å². The highest BCUT2D eigenvalue weighted by Gasteiger charge is 2.58. The van der Waals surface area contributed by atoms with Gasteiger partial charge in [0.15, 0.2) is 5.82 Å². The number of anilines is 1. The van der Waals surface area contributed by atoms with Crippen LogP contribution in [0.5, 0.6) is 0 Å². The Morgan fingerprint density at radius 1 is 1.23 bits per heavy atom. The molecule has 0 saturated heterocycles. The number of nitro benzene ring substituents is 1. The zero-order valence-electron chi connectivity index (χ0n) is 16.8. The van der Waals surface area contributed by atoms with Gasteiger partial charge in [0.05, 0.1) is 11.0 Å². The van der Waals surface area contributed by atoms with Gasteiger partial charge in [-0.3, -0.25) is 14.9 Å². The van der Waals surface area contributed by atoms with Gasteiger partial charge in [-0.25, -0.2) is 8.78 Å². The number of hydrogen-bond donors (Lipinski definition) is 2. The number of carbonyl (C=O) groups excluding carboxylic acids is 1. The molecule has 2 N–H and O–H groups in total. The third kappa shape index (κ3) is 4.35. The Hall–Kier alpha value is -2.74. The van der Waals surface area contributed by atoms with Crippen molar-refractivity contribution in [2.45, 2.75) is 38.3 Å². The lowest BCUT2D eigenvalue weighted by atomic mass is 9.98. The average Bonchev–Trinajstić information content (AvgIpc) is 3.21. The maximum Gasteiger partial charge on any atom is 0.298 e. The van der Waals surface area contributed by atoms with Crippen LogP contribution in [-0.2, 0) is 0 Å². The fourth-order valence-electron chi connectivity index (χ4n) is 4.98. The molecule has 9 heteroatoms. The number of fused-ring (bicyclic) bond motifs is 1. The minimum absolute atomic E-state index is 0.0241. The van der Waals surface area contributed by atoms with E-state index in [1.165, 1.54) is 0 Å². The average molecular weight is 450 g/mol. The zero-order valence-corrected chi connectivity index (χ0v) is 17.5. The summed E-state index contributed by atoms with van der Waals surface area (Å²) in [4.78, 5) is 22.9. The first-order valence-electron chi connectivity index (χ1n) is 10.2. The predicted octanol–water partition coefficient (Wildman–Crippen LogP) is 5.17. The minimum Gasteiger partial charge on any atom is -0.374 e. The van der Waals surface area contributed by atoms with Gasteiger partial charge in [0, 0.05) is 28.7 Å². The van der Waals surface area contributed by atoms with Crippen LogP contribution in [0.2, 0.25) is 5.02 Å². The topological polar surface area (TPSA) is 84.3 Å². The molecule has 0 bridgehead atoms. The molecular formula is C22H22ClF2N3O3. The third-order valence-corrected chi connectivity index (χ3v) is 6.67. The van der Waals surface area contributed by atoms with Crippen molar-refractivity contribution < 1.29 is 18.5 Å². The minimum atomic E-state index is -0.980. The van der Waals surface area contributed by atoms with E-state index < -0.39 is 22.2 Å². The summed E-state index contributed by atoms with van der Waals surface area (Å²) in [5, 5.41) is 17.8. The van der Waals surface area contributed by atoms with Crippen LogP contribution in [0.25, 0.3) is 0 Å². The largest absolute Gasteiger partial charge is 0.374 e. The molecule has 2 fully saturated rings. The van der Waals surface area contributed by atoms with E-state index in [1.807, 2.05) is 6.92 Å². The first-order valence-corrected chi connectivity index (χ1v) is 10.6. The van der Waals surface area contributed by atoms with Gasteiger partial charge in [-0.2, -0.15) is 0 Å². The Labute approximate surface area is 183 Å². The molecule has 2 saturated carbocycles. The first-order chi connectivity index (χ1) is 14.8. The van der Waals surface area contributed by atoms with Crippen molar-refractivity contribution in [3.8, 4) is 0 Å². The molecule has 0 radical (unpaired) electrons. The Kier molecular flexibility index (Phi) is 5.83. The van der Waals surface area contributed by atoms with E-state index in [0.717, 1.165) is 25.3 Å². The van der Waals surface area contributed by atoms with Crippen LogP contribution in [0.3, 0.4) is 0 Å². The number of nitro groups is 1.